The van der Waals surface area contributed by atoms with Gasteiger partial charge in [0.25, 0.3) is 0 Å². The molecule has 1 aromatic heterocycles. The van der Waals surface area contributed by atoms with Crippen molar-refractivity contribution in [1.82, 2.24) is 9.55 Å². The number of nitrogens with one attached hydrogen (secondary N) is 1. The number of imidazole rings is 1. The van der Waals surface area contributed by atoms with Crippen molar-refractivity contribution in [3.05, 3.63) is 47.8 Å². The molecule has 3 nitrogen and oxygen atoms in total. The first-order chi connectivity index (χ1) is 9.79. The first-order valence-electron chi connectivity index (χ1n) is 5.69. The van der Waals surface area contributed by atoms with E-state index >= 15 is 0 Å². The monoisotopic (exact) mass is 309 g/mol. The molecule has 1 N–H and O–H groups in total. The lowest BCUT2D eigenvalue weighted by Crippen LogP contribution is -2.11. The van der Waals surface area contributed by atoms with Gasteiger partial charge in [-0.05, 0) is 18.2 Å². The van der Waals surface area contributed by atoms with Crippen LogP contribution in [0.25, 0.3) is 0 Å². The lowest BCUT2D eigenvalue weighted by Gasteiger charge is -2.12. The van der Waals surface area contributed by atoms with Gasteiger partial charge in [-0.2, -0.15) is 22.0 Å². The molecule has 1 heterocycles. The summed E-state index contributed by atoms with van der Waals surface area (Å²) in [6.45, 7) is -3.02. The Bertz CT molecular complexity index is 620. The third-order valence-corrected chi connectivity index (χ3v) is 2.68. The lowest BCUT2D eigenvalue weighted by molar-refractivity contribution is -0.139. The summed E-state index contributed by atoms with van der Waals surface area (Å²) >= 11 is 0. The number of alkyl halides is 5. The lowest BCUT2D eigenvalue weighted by atomic mass is 10.2. The summed E-state index contributed by atoms with van der Waals surface area (Å²) in [6.07, 6.45) is -2.63. The van der Waals surface area contributed by atoms with E-state index in [2.05, 4.69) is 10.3 Å². The fraction of sp³-hybridized carbons (Fsp3) is 0.250. The minimum atomic E-state index is -4.83. The van der Waals surface area contributed by atoms with Crippen LogP contribution in [0, 0.1) is 5.82 Å². The number of nitrogens with zero attached hydrogens (tertiary/aromatic N) is 2. The summed E-state index contributed by atoms with van der Waals surface area (Å²) in [5, 5.41) is 2.50. The third-order valence-electron chi connectivity index (χ3n) is 2.68. The van der Waals surface area contributed by atoms with Crippen LogP contribution in [0.4, 0.5) is 32.0 Å². The largest absolute Gasteiger partial charge is 0.419 e. The standard InChI is InChI=1S/C12H9F6N3/c13-9-2-1-7(5-8(9)12(16,17)18)20-6-10-19-3-4-21(10)11(14)15/h1-5,11,20H,6H2. The van der Waals surface area contributed by atoms with Gasteiger partial charge in [-0.1, -0.05) is 0 Å². The van der Waals surface area contributed by atoms with Gasteiger partial charge in [0.1, 0.15) is 11.6 Å². The van der Waals surface area contributed by atoms with Crippen LogP contribution < -0.4 is 5.32 Å². The van der Waals surface area contributed by atoms with Gasteiger partial charge < -0.3 is 5.32 Å². The van der Waals surface area contributed by atoms with E-state index in [4.69, 9.17) is 0 Å². The number of benzene rings is 1. The van der Waals surface area contributed by atoms with Crippen molar-refractivity contribution in [3.63, 3.8) is 0 Å². The van der Waals surface area contributed by atoms with Gasteiger partial charge in [0.15, 0.2) is 0 Å². The Morgan fingerprint density at radius 3 is 2.57 bits per heavy atom. The predicted octanol–water partition coefficient (Wildman–Crippen LogP) is 4.05. The number of hydrogen-bond donors (Lipinski definition) is 1. The summed E-state index contributed by atoms with van der Waals surface area (Å²) < 4.78 is 76.4. The average molecular weight is 309 g/mol. The molecule has 1 aromatic carbocycles. The van der Waals surface area contributed by atoms with Crippen molar-refractivity contribution in [2.24, 2.45) is 0 Å². The zero-order valence-corrected chi connectivity index (χ0v) is 10.3. The summed E-state index contributed by atoms with van der Waals surface area (Å²) in [4.78, 5) is 3.67. The molecule has 0 aliphatic heterocycles. The normalized spacial score (nSPS) is 12.0. The van der Waals surface area contributed by atoms with E-state index < -0.39 is 24.1 Å². The van der Waals surface area contributed by atoms with Crippen molar-refractivity contribution in [2.75, 3.05) is 5.32 Å². The number of halogens is 6. The SMILES string of the molecule is Fc1ccc(NCc2nccn2C(F)F)cc1C(F)(F)F. The molecule has 0 bridgehead atoms. The zero-order chi connectivity index (χ0) is 15.6. The van der Waals surface area contributed by atoms with Crippen LogP contribution in [0.15, 0.2) is 30.6 Å². The second-order valence-corrected chi connectivity index (χ2v) is 4.07. The molecule has 0 fully saturated rings. The Hall–Kier alpha value is -2.19. The van der Waals surface area contributed by atoms with Crippen molar-refractivity contribution >= 4 is 5.69 Å². The molecule has 9 heteroatoms. The first-order valence-corrected chi connectivity index (χ1v) is 5.69. The number of hydrogen-bond acceptors (Lipinski definition) is 2. The molecule has 0 radical (unpaired) electrons. The highest BCUT2D eigenvalue weighted by Gasteiger charge is 2.34. The molecule has 114 valence electrons. The molecule has 0 saturated carbocycles. The topological polar surface area (TPSA) is 29.9 Å². The quantitative estimate of drug-likeness (QED) is 0.864. The van der Waals surface area contributed by atoms with Crippen molar-refractivity contribution in [2.45, 2.75) is 19.3 Å². The molecule has 2 rings (SSSR count). The van der Waals surface area contributed by atoms with E-state index in [1.807, 2.05) is 0 Å². The molecule has 0 unspecified atom stereocenters. The highest BCUT2D eigenvalue weighted by molar-refractivity contribution is 5.47. The molecular weight excluding hydrogens is 300 g/mol. The van der Waals surface area contributed by atoms with Crippen LogP contribution in [0.3, 0.4) is 0 Å². The van der Waals surface area contributed by atoms with Crippen LogP contribution >= 0.6 is 0 Å². The molecule has 0 atom stereocenters. The second-order valence-electron chi connectivity index (χ2n) is 4.07. The average Bonchev–Trinajstić information content (AvgIpc) is 2.85. The van der Waals surface area contributed by atoms with Crippen molar-refractivity contribution in [3.8, 4) is 0 Å². The van der Waals surface area contributed by atoms with E-state index in [1.54, 1.807) is 0 Å². The van der Waals surface area contributed by atoms with Gasteiger partial charge in [0.05, 0.1) is 12.1 Å². The highest BCUT2D eigenvalue weighted by atomic mass is 19.4. The van der Waals surface area contributed by atoms with E-state index in [1.165, 1.54) is 0 Å². The highest BCUT2D eigenvalue weighted by Crippen LogP contribution is 2.33. The molecule has 0 aliphatic rings. The summed E-state index contributed by atoms with van der Waals surface area (Å²) in [5.74, 6) is -1.45. The maximum absolute atomic E-state index is 13.1. The van der Waals surface area contributed by atoms with Crippen LogP contribution in [-0.2, 0) is 12.7 Å². The summed E-state index contributed by atoms with van der Waals surface area (Å²) in [6, 6.07) is 2.32. The first kappa shape index (κ1) is 15.2. The number of anilines is 1. The smallest absolute Gasteiger partial charge is 0.378 e. The minimum Gasteiger partial charge on any atom is -0.378 e. The van der Waals surface area contributed by atoms with Crippen LogP contribution in [0.2, 0.25) is 0 Å². The molecule has 0 spiro atoms. The van der Waals surface area contributed by atoms with E-state index in [9.17, 15) is 26.3 Å². The van der Waals surface area contributed by atoms with Gasteiger partial charge in [-0.15, -0.1) is 0 Å². The zero-order valence-electron chi connectivity index (χ0n) is 10.3. The van der Waals surface area contributed by atoms with Crippen LogP contribution in [0.5, 0.6) is 0 Å². The molecule has 0 saturated heterocycles. The van der Waals surface area contributed by atoms with Gasteiger partial charge in [0, 0.05) is 18.1 Å². The van der Waals surface area contributed by atoms with Gasteiger partial charge in [0.2, 0.25) is 0 Å². The minimum absolute atomic E-state index is 0.0486. The van der Waals surface area contributed by atoms with Gasteiger partial charge in [-0.3, -0.25) is 4.57 Å². The van der Waals surface area contributed by atoms with Crippen molar-refractivity contribution < 1.29 is 26.3 Å². The Balaban J connectivity index is 2.16. The van der Waals surface area contributed by atoms with E-state index in [-0.39, 0.29) is 18.1 Å². The molecule has 21 heavy (non-hydrogen) atoms. The maximum atomic E-state index is 13.1. The molecular formula is C12H9F6N3. The Labute approximate surface area is 115 Å². The van der Waals surface area contributed by atoms with E-state index in [0.29, 0.717) is 16.7 Å². The molecule has 0 aliphatic carbocycles. The predicted molar refractivity (Wildman–Crippen MR) is 62.2 cm³/mol. The summed E-state index contributed by atoms with van der Waals surface area (Å²) in [5.41, 5.74) is -1.47. The summed E-state index contributed by atoms with van der Waals surface area (Å²) in [7, 11) is 0. The third kappa shape index (κ3) is 3.47. The van der Waals surface area contributed by atoms with Gasteiger partial charge in [-0.25, -0.2) is 9.37 Å². The number of aromatic nitrogens is 2. The van der Waals surface area contributed by atoms with Crippen molar-refractivity contribution in [1.29, 1.82) is 0 Å². The van der Waals surface area contributed by atoms with Crippen LogP contribution in [0.1, 0.15) is 17.9 Å². The molecule has 2 aromatic rings. The second kappa shape index (κ2) is 5.66. The number of rotatable bonds is 4. The van der Waals surface area contributed by atoms with E-state index in [0.717, 1.165) is 18.5 Å². The molecule has 0 amide bonds. The Morgan fingerprint density at radius 2 is 1.95 bits per heavy atom. The Kier molecular flexibility index (Phi) is 4.10. The fourth-order valence-corrected chi connectivity index (χ4v) is 1.69. The maximum Gasteiger partial charge on any atom is 0.419 e. The Morgan fingerprint density at radius 1 is 1.24 bits per heavy atom. The van der Waals surface area contributed by atoms with Crippen LogP contribution in [-0.4, -0.2) is 9.55 Å². The van der Waals surface area contributed by atoms with Gasteiger partial charge >= 0.3 is 12.7 Å². The fourth-order valence-electron chi connectivity index (χ4n) is 1.69.